The van der Waals surface area contributed by atoms with E-state index < -0.39 is 0 Å². The summed E-state index contributed by atoms with van der Waals surface area (Å²) in [6.45, 7) is 12.0. The molecule has 0 saturated carbocycles. The minimum absolute atomic E-state index is 0.248. The molecule has 4 heterocycles. The molecule has 2 aliphatic rings. The summed E-state index contributed by atoms with van der Waals surface area (Å²) in [6, 6.07) is 20.2. The fourth-order valence-electron chi connectivity index (χ4n) is 8.00. The Morgan fingerprint density at radius 1 is 0.893 bits per heavy atom. The van der Waals surface area contributed by atoms with Crippen LogP contribution in [-0.2, 0) is 37.3 Å². The number of aryl methyl sites for hydroxylation is 3. The highest BCUT2D eigenvalue weighted by Gasteiger charge is 2.23. The van der Waals surface area contributed by atoms with Gasteiger partial charge in [0.1, 0.15) is 5.75 Å². The highest BCUT2D eigenvalue weighted by Crippen LogP contribution is 2.33. The van der Waals surface area contributed by atoms with Crippen LogP contribution in [0.4, 0.5) is 5.69 Å². The van der Waals surface area contributed by atoms with Crippen LogP contribution in [0.2, 0.25) is 0 Å². The molecule has 294 valence electrons. The van der Waals surface area contributed by atoms with Gasteiger partial charge in [-0.15, -0.1) is 0 Å². The Morgan fingerprint density at radius 2 is 1.64 bits per heavy atom. The molecule has 56 heavy (non-hydrogen) atoms. The van der Waals surface area contributed by atoms with Crippen LogP contribution in [-0.4, -0.2) is 70.9 Å². The number of carbonyl (C=O) groups excluding carboxylic acids is 2. The zero-order valence-electron chi connectivity index (χ0n) is 33.2. The molecule has 0 bridgehead atoms. The van der Waals surface area contributed by atoms with Gasteiger partial charge in [-0.1, -0.05) is 37.6 Å². The first-order chi connectivity index (χ1) is 27.3. The standard InChI is InChI=1S/C45H55N7O4/c1-5-40-38(42(49-36-15-19-56-20-16-36)39-28-48-52(6-2)43(39)50-40)27-47-45(54)35-22-30(3)21-34(25-35)44(53)46-26-31-13-14-41(55-4)37(24-31)33-12-10-11-32(23-33)29-51-17-8-7-9-18-51/h10-14,21-25,28,36H,5-9,15-20,26-27,29H2,1-4H3,(H,46,53)(H,47,54)(H,49,50). The van der Waals surface area contributed by atoms with E-state index in [1.807, 2.05) is 42.1 Å². The number of fused-ring (bicyclic) bond motifs is 1. The lowest BCUT2D eigenvalue weighted by molar-refractivity contribution is 0.0904. The number of hydrogen-bond donors (Lipinski definition) is 3. The van der Waals surface area contributed by atoms with Crippen LogP contribution in [0.3, 0.4) is 0 Å². The number of hydrogen-bond acceptors (Lipinski definition) is 8. The van der Waals surface area contributed by atoms with Gasteiger partial charge in [0.05, 0.1) is 24.4 Å². The lowest BCUT2D eigenvalue weighted by Crippen LogP contribution is -2.30. The van der Waals surface area contributed by atoms with E-state index in [-0.39, 0.29) is 24.4 Å². The van der Waals surface area contributed by atoms with Crippen LogP contribution in [0, 0.1) is 6.92 Å². The Morgan fingerprint density at radius 3 is 2.36 bits per heavy atom. The van der Waals surface area contributed by atoms with Crippen molar-refractivity contribution in [3.8, 4) is 16.9 Å². The molecular formula is C45H55N7O4. The fraction of sp³-hybridized carbons (Fsp3) is 0.422. The average molecular weight is 758 g/mol. The molecule has 11 nitrogen and oxygen atoms in total. The van der Waals surface area contributed by atoms with Crippen molar-refractivity contribution in [1.82, 2.24) is 30.3 Å². The Kier molecular flexibility index (Phi) is 12.6. The van der Waals surface area contributed by atoms with E-state index in [0.717, 1.165) is 88.5 Å². The molecule has 2 aliphatic heterocycles. The molecular weight excluding hydrogens is 703 g/mol. The number of anilines is 1. The predicted molar refractivity (Wildman–Crippen MR) is 221 cm³/mol. The van der Waals surface area contributed by atoms with Crippen LogP contribution in [0.15, 0.2) is 66.9 Å². The summed E-state index contributed by atoms with van der Waals surface area (Å²) in [4.78, 5) is 34.9. The average Bonchev–Trinajstić information content (AvgIpc) is 3.65. The zero-order chi connectivity index (χ0) is 39.0. The second-order valence-corrected chi connectivity index (χ2v) is 15.0. The molecule has 0 spiro atoms. The van der Waals surface area contributed by atoms with Gasteiger partial charge in [-0.05, 0) is 118 Å². The van der Waals surface area contributed by atoms with Gasteiger partial charge < -0.3 is 25.4 Å². The van der Waals surface area contributed by atoms with Crippen molar-refractivity contribution in [3.63, 3.8) is 0 Å². The summed E-state index contributed by atoms with van der Waals surface area (Å²) in [7, 11) is 1.69. The van der Waals surface area contributed by atoms with Gasteiger partial charge in [-0.25, -0.2) is 9.67 Å². The summed E-state index contributed by atoms with van der Waals surface area (Å²) in [5.74, 6) is 0.282. The number of carbonyl (C=O) groups is 2. The smallest absolute Gasteiger partial charge is 0.251 e. The second-order valence-electron chi connectivity index (χ2n) is 15.0. The predicted octanol–water partition coefficient (Wildman–Crippen LogP) is 7.43. The molecule has 3 N–H and O–H groups in total. The SMILES string of the molecule is CCc1nc2c(cnn2CC)c(NC2CCOCC2)c1CNC(=O)c1cc(C)cc(C(=O)NCc2ccc(OC)c(-c3cccc(CN4CCCCC4)c3)c2)c1. The van der Waals surface area contributed by atoms with E-state index in [0.29, 0.717) is 43.9 Å². The summed E-state index contributed by atoms with van der Waals surface area (Å²) in [6.07, 6.45) is 8.21. The molecule has 0 unspecified atom stereocenters. The normalized spacial score (nSPS) is 15.1. The van der Waals surface area contributed by atoms with Crippen LogP contribution in [0.5, 0.6) is 5.75 Å². The quantitative estimate of drug-likeness (QED) is 0.107. The number of ether oxygens (including phenoxy) is 2. The molecule has 3 aromatic carbocycles. The molecule has 2 fully saturated rings. The van der Waals surface area contributed by atoms with E-state index in [1.165, 1.54) is 24.8 Å². The summed E-state index contributed by atoms with van der Waals surface area (Å²) >= 11 is 0. The fourth-order valence-corrected chi connectivity index (χ4v) is 8.00. The van der Waals surface area contributed by atoms with Crippen LogP contribution >= 0.6 is 0 Å². The minimum Gasteiger partial charge on any atom is -0.496 e. The number of aromatic nitrogens is 3. The van der Waals surface area contributed by atoms with Crippen molar-refractivity contribution in [3.05, 3.63) is 106 Å². The van der Waals surface area contributed by atoms with Crippen molar-refractivity contribution in [2.45, 2.75) is 91.5 Å². The van der Waals surface area contributed by atoms with Crippen molar-refractivity contribution in [1.29, 1.82) is 0 Å². The molecule has 0 aliphatic carbocycles. The molecule has 0 atom stereocenters. The second kappa shape index (κ2) is 18.1. The first-order valence-electron chi connectivity index (χ1n) is 20.2. The van der Waals surface area contributed by atoms with Gasteiger partial charge in [0, 0.05) is 73.4 Å². The highest BCUT2D eigenvalue weighted by molar-refractivity contribution is 6.00. The van der Waals surface area contributed by atoms with Crippen LogP contribution < -0.4 is 20.7 Å². The number of piperidine rings is 1. The maximum atomic E-state index is 13.8. The number of likely N-dealkylation sites (tertiary alicyclic amines) is 1. The number of amides is 2. The van der Waals surface area contributed by atoms with E-state index in [2.05, 4.69) is 70.1 Å². The van der Waals surface area contributed by atoms with Crippen molar-refractivity contribution < 1.29 is 19.1 Å². The Labute approximate surface area is 330 Å². The number of nitrogens with one attached hydrogen (secondary N) is 3. The van der Waals surface area contributed by atoms with E-state index in [4.69, 9.17) is 14.5 Å². The monoisotopic (exact) mass is 757 g/mol. The maximum Gasteiger partial charge on any atom is 0.251 e. The highest BCUT2D eigenvalue weighted by atomic mass is 16.5. The molecule has 2 saturated heterocycles. The molecule has 7 rings (SSSR count). The van der Waals surface area contributed by atoms with E-state index >= 15 is 0 Å². The van der Waals surface area contributed by atoms with Gasteiger partial charge in [-0.3, -0.25) is 14.5 Å². The van der Waals surface area contributed by atoms with E-state index in [9.17, 15) is 9.59 Å². The maximum absolute atomic E-state index is 13.8. The molecule has 0 radical (unpaired) electrons. The van der Waals surface area contributed by atoms with E-state index in [1.54, 1.807) is 13.2 Å². The first kappa shape index (κ1) is 39.0. The topological polar surface area (TPSA) is 123 Å². The number of pyridine rings is 1. The summed E-state index contributed by atoms with van der Waals surface area (Å²) in [5.41, 5.74) is 9.66. The third-order valence-electron chi connectivity index (χ3n) is 11.0. The Hall–Kier alpha value is -5.26. The lowest BCUT2D eigenvalue weighted by Gasteiger charge is -2.26. The number of methoxy groups -OCH3 is 1. The summed E-state index contributed by atoms with van der Waals surface area (Å²) < 4.78 is 13.3. The largest absolute Gasteiger partial charge is 0.496 e. The number of nitrogens with zero attached hydrogens (tertiary/aromatic N) is 4. The first-order valence-corrected chi connectivity index (χ1v) is 20.2. The lowest BCUT2D eigenvalue weighted by atomic mass is 9.99. The van der Waals surface area contributed by atoms with Gasteiger partial charge in [0.15, 0.2) is 5.65 Å². The van der Waals surface area contributed by atoms with Crippen LogP contribution in [0.1, 0.15) is 94.6 Å². The van der Waals surface area contributed by atoms with Crippen molar-refractivity contribution in [2.75, 3.05) is 38.7 Å². The van der Waals surface area contributed by atoms with Gasteiger partial charge in [0.2, 0.25) is 0 Å². The van der Waals surface area contributed by atoms with Gasteiger partial charge in [0.25, 0.3) is 11.8 Å². The van der Waals surface area contributed by atoms with Gasteiger partial charge >= 0.3 is 0 Å². The minimum atomic E-state index is -0.256. The third kappa shape index (κ3) is 9.06. The molecule has 11 heteroatoms. The Bertz CT molecular complexity index is 2170. The van der Waals surface area contributed by atoms with Crippen molar-refractivity contribution in [2.24, 2.45) is 0 Å². The number of rotatable bonds is 14. The Balaban J connectivity index is 1.05. The van der Waals surface area contributed by atoms with Crippen LogP contribution in [0.25, 0.3) is 22.2 Å². The zero-order valence-corrected chi connectivity index (χ0v) is 33.2. The molecule has 5 aromatic rings. The van der Waals surface area contributed by atoms with Gasteiger partial charge in [-0.2, -0.15) is 5.10 Å². The van der Waals surface area contributed by atoms with Crippen molar-refractivity contribution >= 4 is 28.5 Å². The molecule has 2 amide bonds. The molecule has 2 aromatic heterocycles. The summed E-state index contributed by atoms with van der Waals surface area (Å²) in [5, 5.41) is 15.6. The third-order valence-corrected chi connectivity index (χ3v) is 11.0. The number of benzene rings is 3.